The van der Waals surface area contributed by atoms with Gasteiger partial charge < -0.3 is 10.6 Å². The summed E-state index contributed by atoms with van der Waals surface area (Å²) in [6.45, 7) is 9.45. The van der Waals surface area contributed by atoms with Crippen LogP contribution >= 0.6 is 0 Å². The van der Waals surface area contributed by atoms with E-state index in [0.717, 1.165) is 19.4 Å². The van der Waals surface area contributed by atoms with Crippen LogP contribution in [0.15, 0.2) is 24.3 Å². The van der Waals surface area contributed by atoms with Crippen LogP contribution < -0.4 is 10.6 Å². The average molecular weight is 262 g/mol. The highest BCUT2D eigenvalue weighted by atomic mass is 16.2. The van der Waals surface area contributed by atoms with Crippen LogP contribution in [0.1, 0.15) is 38.3 Å². The minimum Gasteiger partial charge on any atom is -0.350 e. The van der Waals surface area contributed by atoms with Crippen LogP contribution in [0.2, 0.25) is 0 Å². The van der Waals surface area contributed by atoms with Gasteiger partial charge in [-0.2, -0.15) is 0 Å². The molecule has 1 aromatic rings. The fraction of sp³-hybridized carbons (Fsp3) is 0.562. The van der Waals surface area contributed by atoms with Crippen molar-refractivity contribution in [2.24, 2.45) is 0 Å². The van der Waals surface area contributed by atoms with Crippen molar-refractivity contribution in [3.8, 4) is 0 Å². The van der Waals surface area contributed by atoms with Crippen LogP contribution in [-0.2, 0) is 11.2 Å². The van der Waals surface area contributed by atoms with Crippen molar-refractivity contribution in [3.05, 3.63) is 35.4 Å². The first kappa shape index (κ1) is 15.7. The van der Waals surface area contributed by atoms with Crippen molar-refractivity contribution in [1.82, 2.24) is 10.6 Å². The van der Waals surface area contributed by atoms with Gasteiger partial charge in [0.2, 0.25) is 5.91 Å². The summed E-state index contributed by atoms with van der Waals surface area (Å²) in [6, 6.07) is 8.47. The van der Waals surface area contributed by atoms with E-state index in [4.69, 9.17) is 0 Å². The third-order valence-corrected chi connectivity index (χ3v) is 3.32. The van der Waals surface area contributed by atoms with Crippen LogP contribution in [0.5, 0.6) is 0 Å². The summed E-state index contributed by atoms with van der Waals surface area (Å²) in [5.41, 5.74) is 2.47. The molecule has 0 aliphatic heterocycles. The molecule has 0 unspecified atom stereocenters. The fourth-order valence-electron chi connectivity index (χ4n) is 1.81. The average Bonchev–Trinajstić information content (AvgIpc) is 2.34. The Hall–Kier alpha value is -1.35. The van der Waals surface area contributed by atoms with Crippen LogP contribution in [0, 0.1) is 6.92 Å². The molecular weight excluding hydrogens is 236 g/mol. The van der Waals surface area contributed by atoms with E-state index in [1.54, 1.807) is 0 Å². The van der Waals surface area contributed by atoms with Gasteiger partial charge >= 0.3 is 0 Å². The Bertz CT molecular complexity index is 413. The molecule has 0 bridgehead atoms. The lowest BCUT2D eigenvalue weighted by atomic mass is 10.0. The smallest absolute Gasteiger partial charge is 0.234 e. The molecule has 0 aliphatic rings. The number of hydrogen-bond donors (Lipinski definition) is 2. The Kier molecular flexibility index (Phi) is 6.03. The summed E-state index contributed by atoms with van der Waals surface area (Å²) in [4.78, 5) is 11.7. The van der Waals surface area contributed by atoms with Crippen molar-refractivity contribution in [3.63, 3.8) is 0 Å². The maximum atomic E-state index is 11.7. The highest BCUT2D eigenvalue weighted by Crippen LogP contribution is 2.06. The monoisotopic (exact) mass is 262 g/mol. The third kappa shape index (κ3) is 6.39. The highest BCUT2D eigenvalue weighted by Gasteiger charge is 2.16. The van der Waals surface area contributed by atoms with Crippen molar-refractivity contribution in [2.75, 3.05) is 13.1 Å². The molecule has 3 heteroatoms. The second kappa shape index (κ2) is 7.29. The molecule has 2 N–H and O–H groups in total. The van der Waals surface area contributed by atoms with Crippen molar-refractivity contribution in [1.29, 1.82) is 0 Å². The van der Waals surface area contributed by atoms with Crippen LogP contribution in [-0.4, -0.2) is 24.5 Å². The molecule has 0 aromatic heterocycles. The first-order valence-electron chi connectivity index (χ1n) is 7.00. The zero-order valence-electron chi connectivity index (χ0n) is 12.5. The quantitative estimate of drug-likeness (QED) is 0.741. The number of aryl methyl sites for hydroxylation is 1. The third-order valence-electron chi connectivity index (χ3n) is 3.32. The van der Waals surface area contributed by atoms with Crippen LogP contribution in [0.25, 0.3) is 0 Å². The SMILES string of the molecule is CCC(C)(C)NC(=O)CNCCc1cccc(C)c1. The maximum absolute atomic E-state index is 11.7. The van der Waals surface area contributed by atoms with Gasteiger partial charge in [-0.15, -0.1) is 0 Å². The largest absolute Gasteiger partial charge is 0.350 e. The lowest BCUT2D eigenvalue weighted by molar-refractivity contribution is -0.121. The lowest BCUT2D eigenvalue weighted by Crippen LogP contribution is -2.46. The molecule has 0 fully saturated rings. The minimum atomic E-state index is -0.116. The molecular formula is C16H26N2O. The number of carbonyl (C=O) groups excluding carboxylic acids is 1. The standard InChI is InChI=1S/C16H26N2O/c1-5-16(3,4)18-15(19)12-17-10-9-14-8-6-7-13(2)11-14/h6-8,11,17H,5,9-10,12H2,1-4H3,(H,18,19). The zero-order valence-corrected chi connectivity index (χ0v) is 12.5. The molecule has 1 rings (SSSR count). The molecule has 3 nitrogen and oxygen atoms in total. The Morgan fingerprint density at radius 1 is 1.32 bits per heavy atom. The molecule has 19 heavy (non-hydrogen) atoms. The molecule has 106 valence electrons. The summed E-state index contributed by atoms with van der Waals surface area (Å²) in [5.74, 6) is 0.0658. The summed E-state index contributed by atoms with van der Waals surface area (Å²) in [5, 5.41) is 6.20. The van der Waals surface area contributed by atoms with E-state index in [9.17, 15) is 4.79 Å². The Morgan fingerprint density at radius 3 is 2.68 bits per heavy atom. The number of benzene rings is 1. The van der Waals surface area contributed by atoms with Gasteiger partial charge in [-0.25, -0.2) is 0 Å². The molecule has 0 saturated carbocycles. The number of amides is 1. The molecule has 0 spiro atoms. The molecule has 0 saturated heterocycles. The lowest BCUT2D eigenvalue weighted by Gasteiger charge is -2.24. The van der Waals surface area contributed by atoms with Crippen LogP contribution in [0.3, 0.4) is 0 Å². The van der Waals surface area contributed by atoms with E-state index < -0.39 is 0 Å². The van der Waals surface area contributed by atoms with E-state index in [2.05, 4.69) is 48.7 Å². The van der Waals surface area contributed by atoms with Gasteiger partial charge in [-0.3, -0.25) is 4.79 Å². The topological polar surface area (TPSA) is 41.1 Å². The van der Waals surface area contributed by atoms with E-state index in [0.29, 0.717) is 6.54 Å². The number of rotatable bonds is 7. The van der Waals surface area contributed by atoms with Crippen molar-refractivity contribution < 1.29 is 4.79 Å². The zero-order chi connectivity index (χ0) is 14.3. The number of carbonyl (C=O) groups is 1. The maximum Gasteiger partial charge on any atom is 0.234 e. The first-order chi connectivity index (χ1) is 8.93. The molecule has 0 radical (unpaired) electrons. The van der Waals surface area contributed by atoms with Gasteiger partial charge in [0, 0.05) is 5.54 Å². The number of nitrogens with one attached hydrogen (secondary N) is 2. The van der Waals surface area contributed by atoms with E-state index in [-0.39, 0.29) is 11.4 Å². The summed E-state index contributed by atoms with van der Waals surface area (Å²) in [6.07, 6.45) is 1.88. The van der Waals surface area contributed by atoms with E-state index in [1.165, 1.54) is 11.1 Å². The van der Waals surface area contributed by atoms with Gasteiger partial charge in [0.15, 0.2) is 0 Å². The molecule has 1 aromatic carbocycles. The first-order valence-corrected chi connectivity index (χ1v) is 7.00. The highest BCUT2D eigenvalue weighted by molar-refractivity contribution is 5.78. The molecule has 1 amide bonds. The Labute approximate surface area is 116 Å². The molecule has 0 aliphatic carbocycles. The Balaban J connectivity index is 2.22. The summed E-state index contributed by atoms with van der Waals surface area (Å²) < 4.78 is 0. The predicted octanol–water partition coefficient (Wildman–Crippen LogP) is 2.43. The van der Waals surface area contributed by atoms with Gasteiger partial charge in [0.05, 0.1) is 6.54 Å². The second-order valence-corrected chi connectivity index (χ2v) is 5.70. The molecule has 0 heterocycles. The normalized spacial score (nSPS) is 11.4. The van der Waals surface area contributed by atoms with Gasteiger partial charge in [-0.05, 0) is 45.7 Å². The van der Waals surface area contributed by atoms with Crippen LogP contribution in [0.4, 0.5) is 0 Å². The number of hydrogen-bond acceptors (Lipinski definition) is 2. The second-order valence-electron chi connectivity index (χ2n) is 5.70. The predicted molar refractivity (Wildman–Crippen MR) is 80.3 cm³/mol. The molecule has 0 atom stereocenters. The van der Waals surface area contributed by atoms with E-state index in [1.807, 2.05) is 13.8 Å². The van der Waals surface area contributed by atoms with Gasteiger partial charge in [0.1, 0.15) is 0 Å². The fourth-order valence-corrected chi connectivity index (χ4v) is 1.81. The summed E-state index contributed by atoms with van der Waals surface area (Å²) >= 11 is 0. The van der Waals surface area contributed by atoms with E-state index >= 15 is 0 Å². The van der Waals surface area contributed by atoms with Gasteiger partial charge in [-0.1, -0.05) is 36.8 Å². The van der Waals surface area contributed by atoms with Crippen molar-refractivity contribution in [2.45, 2.75) is 46.1 Å². The summed E-state index contributed by atoms with van der Waals surface area (Å²) in [7, 11) is 0. The Morgan fingerprint density at radius 2 is 2.05 bits per heavy atom. The van der Waals surface area contributed by atoms with Crippen molar-refractivity contribution >= 4 is 5.91 Å². The van der Waals surface area contributed by atoms with Gasteiger partial charge in [0.25, 0.3) is 0 Å². The minimum absolute atomic E-state index is 0.0658.